The predicted molar refractivity (Wildman–Crippen MR) is 118 cm³/mol. The normalized spacial score (nSPS) is 11.2. The molecule has 0 aliphatic carbocycles. The summed E-state index contributed by atoms with van der Waals surface area (Å²) < 4.78 is 1.92. The molecule has 0 unspecified atom stereocenters. The minimum atomic E-state index is 0.500. The average molecular weight is 401 g/mol. The van der Waals surface area contributed by atoms with Crippen molar-refractivity contribution in [2.24, 2.45) is 0 Å². The smallest absolute Gasteiger partial charge is 0.184 e. The van der Waals surface area contributed by atoms with E-state index in [-0.39, 0.29) is 0 Å². The molecule has 0 N–H and O–H groups in total. The summed E-state index contributed by atoms with van der Waals surface area (Å²) in [5.74, 6) is 1.58. The van der Waals surface area contributed by atoms with Gasteiger partial charge < -0.3 is 0 Å². The van der Waals surface area contributed by atoms with Gasteiger partial charge in [0.25, 0.3) is 0 Å². The zero-order valence-corrected chi connectivity index (χ0v) is 16.3. The lowest BCUT2D eigenvalue weighted by atomic mass is 10.2. The highest BCUT2D eigenvalue weighted by Crippen LogP contribution is 2.25. The highest BCUT2D eigenvalue weighted by Gasteiger charge is 2.15. The lowest BCUT2D eigenvalue weighted by molar-refractivity contribution is 0.983. The molecule has 146 valence electrons. The highest BCUT2D eigenvalue weighted by atomic mass is 15.2. The summed E-state index contributed by atoms with van der Waals surface area (Å²) in [4.78, 5) is 22.5. The molecule has 0 fully saturated rings. The topological polar surface area (TPSA) is 81.8 Å². The summed E-state index contributed by atoms with van der Waals surface area (Å²) in [7, 11) is 0. The fourth-order valence-electron chi connectivity index (χ4n) is 3.55. The first kappa shape index (κ1) is 17.3. The van der Waals surface area contributed by atoms with E-state index in [0.29, 0.717) is 23.2 Å². The van der Waals surface area contributed by atoms with Gasteiger partial charge in [0, 0.05) is 41.3 Å². The molecule has 0 radical (unpaired) electrons. The molecule has 0 bridgehead atoms. The number of benzene rings is 1. The molecule has 1 aromatic carbocycles. The number of para-hydroxylation sites is 1. The molecule has 7 nitrogen and oxygen atoms in total. The molecule has 0 atom stereocenters. The minimum absolute atomic E-state index is 0.500. The molecule has 31 heavy (non-hydrogen) atoms. The van der Waals surface area contributed by atoms with Crippen LogP contribution in [0.5, 0.6) is 0 Å². The van der Waals surface area contributed by atoms with Crippen LogP contribution >= 0.6 is 0 Å². The molecular weight excluding hydrogens is 386 g/mol. The maximum Gasteiger partial charge on any atom is 0.184 e. The van der Waals surface area contributed by atoms with Gasteiger partial charge in [-0.3, -0.25) is 9.97 Å². The summed E-state index contributed by atoms with van der Waals surface area (Å²) in [6.07, 6.45) is 6.92. The van der Waals surface area contributed by atoms with Crippen LogP contribution in [0.4, 0.5) is 0 Å². The van der Waals surface area contributed by atoms with Gasteiger partial charge in [0.15, 0.2) is 17.5 Å². The Hall–Kier alpha value is -4.52. The van der Waals surface area contributed by atoms with Crippen LogP contribution in [0, 0.1) is 0 Å². The number of fused-ring (bicyclic) bond motifs is 3. The van der Waals surface area contributed by atoms with Gasteiger partial charge in [0.2, 0.25) is 0 Å². The summed E-state index contributed by atoms with van der Waals surface area (Å²) >= 11 is 0. The Morgan fingerprint density at radius 2 is 1.29 bits per heavy atom. The number of hydrogen-bond acceptors (Lipinski definition) is 6. The molecule has 0 spiro atoms. The van der Waals surface area contributed by atoms with Crippen LogP contribution < -0.4 is 0 Å². The van der Waals surface area contributed by atoms with Crippen molar-refractivity contribution in [2.75, 3.05) is 0 Å². The molecule has 6 aromatic rings. The first-order valence-electron chi connectivity index (χ1n) is 9.80. The number of hydrogen-bond donors (Lipinski definition) is 0. The second-order valence-electron chi connectivity index (χ2n) is 7.05. The standard InChI is InChI=1S/C24H15N7/c1-2-8-21-16(5-1)9-10-19-13-20(30-31(19)21)24-28-22(17-6-3-11-25-14-17)27-23(29-24)18-7-4-12-26-15-18/h1-15H. The van der Waals surface area contributed by atoms with E-state index in [1.165, 1.54) is 0 Å². The molecule has 0 saturated heterocycles. The van der Waals surface area contributed by atoms with Gasteiger partial charge in [0.05, 0.1) is 11.0 Å². The second-order valence-corrected chi connectivity index (χ2v) is 7.05. The summed E-state index contributed by atoms with van der Waals surface area (Å²) in [5.41, 5.74) is 4.30. The third-order valence-corrected chi connectivity index (χ3v) is 5.04. The number of aromatic nitrogens is 7. The van der Waals surface area contributed by atoms with E-state index in [9.17, 15) is 0 Å². The largest absolute Gasteiger partial charge is 0.264 e. The first-order valence-corrected chi connectivity index (χ1v) is 9.80. The van der Waals surface area contributed by atoms with Gasteiger partial charge in [-0.1, -0.05) is 24.3 Å². The third-order valence-electron chi connectivity index (χ3n) is 5.04. The Balaban J connectivity index is 1.58. The average Bonchev–Trinajstić information content (AvgIpc) is 3.30. The van der Waals surface area contributed by atoms with Crippen molar-refractivity contribution in [1.29, 1.82) is 0 Å². The molecule has 0 aliphatic heterocycles. The SMILES string of the molecule is c1cncc(-c2nc(-c3cccnc3)nc(-c3cc4ccc5ccccc5n4n3)n2)c1. The molecule has 0 saturated carbocycles. The first-order chi connectivity index (χ1) is 15.3. The van der Waals surface area contributed by atoms with Crippen molar-refractivity contribution >= 4 is 16.4 Å². The van der Waals surface area contributed by atoms with Crippen molar-refractivity contribution in [3.63, 3.8) is 0 Å². The molecule has 6 rings (SSSR count). The van der Waals surface area contributed by atoms with Crippen molar-refractivity contribution in [3.8, 4) is 34.3 Å². The van der Waals surface area contributed by atoms with E-state index in [4.69, 9.17) is 15.1 Å². The molecule has 0 aliphatic rings. The van der Waals surface area contributed by atoms with Gasteiger partial charge in [-0.25, -0.2) is 19.5 Å². The van der Waals surface area contributed by atoms with Crippen LogP contribution in [0.15, 0.2) is 91.5 Å². The van der Waals surface area contributed by atoms with Crippen molar-refractivity contribution < 1.29 is 0 Å². The van der Waals surface area contributed by atoms with Crippen molar-refractivity contribution in [3.05, 3.63) is 91.5 Å². The van der Waals surface area contributed by atoms with Crippen molar-refractivity contribution in [2.45, 2.75) is 0 Å². The van der Waals surface area contributed by atoms with Crippen LogP contribution in [0.25, 0.3) is 50.7 Å². The maximum absolute atomic E-state index is 4.81. The van der Waals surface area contributed by atoms with Crippen LogP contribution in [-0.2, 0) is 0 Å². The molecular formula is C24H15N7. The summed E-state index contributed by atoms with van der Waals surface area (Å²) in [6, 6.07) is 21.8. The molecule has 5 aromatic heterocycles. The molecule has 0 amide bonds. The van der Waals surface area contributed by atoms with Crippen LogP contribution in [0.1, 0.15) is 0 Å². The second kappa shape index (κ2) is 7.07. The Bertz CT molecular complexity index is 1470. The third kappa shape index (κ3) is 3.08. The van der Waals surface area contributed by atoms with Gasteiger partial charge in [0.1, 0.15) is 5.69 Å². The Labute approximate surface area is 177 Å². The summed E-state index contributed by atoms with van der Waals surface area (Å²) in [6.45, 7) is 0. The van der Waals surface area contributed by atoms with E-state index in [1.54, 1.807) is 24.8 Å². The van der Waals surface area contributed by atoms with Crippen LogP contribution in [0.2, 0.25) is 0 Å². The monoisotopic (exact) mass is 401 g/mol. The Morgan fingerprint density at radius 1 is 0.613 bits per heavy atom. The zero-order valence-electron chi connectivity index (χ0n) is 16.3. The number of nitrogens with zero attached hydrogens (tertiary/aromatic N) is 7. The van der Waals surface area contributed by atoms with Crippen LogP contribution in [0.3, 0.4) is 0 Å². The Morgan fingerprint density at radius 3 is 1.97 bits per heavy atom. The van der Waals surface area contributed by atoms with E-state index in [1.807, 2.05) is 53.0 Å². The fraction of sp³-hybridized carbons (Fsp3) is 0. The predicted octanol–water partition coefficient (Wildman–Crippen LogP) is 4.46. The fourth-order valence-corrected chi connectivity index (χ4v) is 3.55. The molecule has 5 heterocycles. The van der Waals surface area contributed by atoms with E-state index in [0.717, 1.165) is 27.5 Å². The number of pyridine rings is 3. The summed E-state index contributed by atoms with van der Waals surface area (Å²) in [5, 5.41) is 5.93. The van der Waals surface area contributed by atoms with Crippen LogP contribution in [-0.4, -0.2) is 34.5 Å². The van der Waals surface area contributed by atoms with E-state index in [2.05, 4.69) is 33.2 Å². The van der Waals surface area contributed by atoms with Gasteiger partial charge in [-0.15, -0.1) is 0 Å². The lowest BCUT2D eigenvalue weighted by Crippen LogP contribution is -2.01. The Kier molecular flexibility index (Phi) is 3.96. The minimum Gasteiger partial charge on any atom is -0.264 e. The highest BCUT2D eigenvalue weighted by molar-refractivity contribution is 5.83. The van der Waals surface area contributed by atoms with Gasteiger partial charge >= 0.3 is 0 Å². The number of rotatable bonds is 3. The molecule has 7 heteroatoms. The van der Waals surface area contributed by atoms with E-state index >= 15 is 0 Å². The van der Waals surface area contributed by atoms with Crippen molar-refractivity contribution in [1.82, 2.24) is 34.5 Å². The maximum atomic E-state index is 4.81. The van der Waals surface area contributed by atoms with Gasteiger partial charge in [-0.05, 0) is 42.5 Å². The van der Waals surface area contributed by atoms with E-state index < -0.39 is 0 Å². The van der Waals surface area contributed by atoms with Gasteiger partial charge in [-0.2, -0.15) is 5.10 Å². The quantitative estimate of drug-likeness (QED) is 0.435. The zero-order chi connectivity index (χ0) is 20.6. The lowest BCUT2D eigenvalue weighted by Gasteiger charge is -2.06.